The maximum Gasteiger partial charge on any atom is 0.226 e. The number of piperidine rings is 2. The number of aryl methyl sites for hydroxylation is 1. The van der Waals surface area contributed by atoms with Crippen molar-refractivity contribution in [1.29, 1.82) is 0 Å². The Kier molecular flexibility index (Phi) is 6.70. The van der Waals surface area contributed by atoms with Crippen LogP contribution in [0.5, 0.6) is 0 Å². The summed E-state index contributed by atoms with van der Waals surface area (Å²) in [5, 5.41) is 15.7. The Labute approximate surface area is 199 Å². The molecule has 182 valence electrons. The minimum Gasteiger partial charge on any atom is -0.388 e. The van der Waals surface area contributed by atoms with Crippen molar-refractivity contribution in [3.8, 4) is 0 Å². The summed E-state index contributed by atoms with van der Waals surface area (Å²) in [6, 6.07) is 12.3. The van der Waals surface area contributed by atoms with Gasteiger partial charge in [0.2, 0.25) is 5.91 Å². The molecule has 1 amide bonds. The average molecular weight is 468 g/mol. The predicted molar refractivity (Wildman–Crippen MR) is 128 cm³/mol. The van der Waals surface area contributed by atoms with Gasteiger partial charge in [-0.1, -0.05) is 30.3 Å². The third-order valence-corrected chi connectivity index (χ3v) is 7.54. The number of aliphatic hydroxyl groups is 1. The molecule has 8 heteroatoms. The van der Waals surface area contributed by atoms with Crippen LogP contribution in [0.15, 0.2) is 47.6 Å². The fourth-order valence-corrected chi connectivity index (χ4v) is 5.65. The van der Waals surface area contributed by atoms with Crippen LogP contribution in [-0.2, 0) is 11.3 Å². The molecule has 0 bridgehead atoms. The maximum atomic E-state index is 13.5. The molecule has 3 aliphatic rings. The lowest BCUT2D eigenvalue weighted by molar-refractivity contribution is -0.141. The number of benzene rings is 1. The van der Waals surface area contributed by atoms with Gasteiger partial charge in [-0.15, -0.1) is 0 Å². The number of halogens is 1. The molecule has 1 aromatic heterocycles. The topological polar surface area (TPSA) is 73.1 Å². The third kappa shape index (κ3) is 4.74. The number of hydrogen-bond acceptors (Lipinski definition) is 5. The van der Waals surface area contributed by atoms with Gasteiger partial charge in [-0.05, 0) is 37.4 Å². The van der Waals surface area contributed by atoms with Crippen LogP contribution in [0.1, 0.15) is 30.7 Å². The lowest BCUT2D eigenvalue weighted by Crippen LogP contribution is -2.54. The van der Waals surface area contributed by atoms with Crippen molar-refractivity contribution in [3.63, 3.8) is 0 Å². The summed E-state index contributed by atoms with van der Waals surface area (Å²) in [6.07, 6.45) is 5.81. The number of rotatable bonds is 6. The lowest BCUT2D eigenvalue weighted by Gasteiger charge is -2.43. The van der Waals surface area contributed by atoms with Gasteiger partial charge in [-0.2, -0.15) is 0 Å². The van der Waals surface area contributed by atoms with Crippen LogP contribution in [0.3, 0.4) is 0 Å². The van der Waals surface area contributed by atoms with E-state index in [1.54, 1.807) is 0 Å². The normalized spacial score (nSPS) is 24.2. The first-order valence-corrected chi connectivity index (χ1v) is 12.3. The second kappa shape index (κ2) is 9.88. The van der Waals surface area contributed by atoms with Crippen molar-refractivity contribution in [3.05, 3.63) is 58.9 Å². The molecule has 0 unspecified atom stereocenters. The number of carbonyl (C=O) groups is 1. The van der Waals surface area contributed by atoms with Crippen molar-refractivity contribution < 1.29 is 14.3 Å². The van der Waals surface area contributed by atoms with E-state index in [0.717, 1.165) is 30.2 Å². The average Bonchev–Trinajstić information content (AvgIpc) is 3.26. The van der Waals surface area contributed by atoms with Crippen LogP contribution in [0.25, 0.3) is 6.20 Å². The highest BCUT2D eigenvalue weighted by Crippen LogP contribution is 2.33. The van der Waals surface area contributed by atoms with Gasteiger partial charge >= 0.3 is 0 Å². The second-order valence-corrected chi connectivity index (χ2v) is 9.82. The van der Waals surface area contributed by atoms with E-state index in [1.807, 2.05) is 51.0 Å². The molecule has 4 heterocycles. The number of fused-ring (bicyclic) bond motifs is 1. The SMILES string of the molecule is O=C([C@@H]1CCNC[C@H]1c1ccccc1)N1CCC(O)(CN2C=c3ccn(CCF)c3=NC2)CC1. The fourth-order valence-electron chi connectivity index (χ4n) is 5.65. The number of nitrogens with one attached hydrogen (secondary N) is 1. The van der Waals surface area contributed by atoms with E-state index >= 15 is 0 Å². The summed E-state index contributed by atoms with van der Waals surface area (Å²) in [6.45, 7) is 3.64. The van der Waals surface area contributed by atoms with Gasteiger partial charge in [0.05, 0.1) is 12.1 Å². The van der Waals surface area contributed by atoms with E-state index in [9.17, 15) is 14.3 Å². The van der Waals surface area contributed by atoms with Crippen LogP contribution < -0.4 is 16.0 Å². The maximum absolute atomic E-state index is 13.5. The van der Waals surface area contributed by atoms with E-state index in [1.165, 1.54) is 5.56 Å². The monoisotopic (exact) mass is 467 g/mol. The van der Waals surface area contributed by atoms with Crippen molar-refractivity contribution >= 4 is 12.1 Å². The van der Waals surface area contributed by atoms with Crippen molar-refractivity contribution in [2.75, 3.05) is 46.1 Å². The highest BCUT2D eigenvalue weighted by Gasteiger charge is 2.39. The smallest absolute Gasteiger partial charge is 0.226 e. The Balaban J connectivity index is 1.21. The third-order valence-electron chi connectivity index (χ3n) is 7.54. The Bertz CT molecular complexity index is 1110. The summed E-state index contributed by atoms with van der Waals surface area (Å²) < 4.78 is 14.6. The molecule has 1 aromatic carbocycles. The van der Waals surface area contributed by atoms with E-state index in [4.69, 9.17) is 0 Å². The number of likely N-dealkylation sites (tertiary alicyclic amines) is 1. The van der Waals surface area contributed by atoms with Crippen molar-refractivity contribution in [2.24, 2.45) is 10.9 Å². The van der Waals surface area contributed by atoms with E-state index in [2.05, 4.69) is 22.4 Å². The molecule has 0 spiro atoms. The van der Waals surface area contributed by atoms with Crippen LogP contribution in [0.4, 0.5) is 4.39 Å². The van der Waals surface area contributed by atoms with Crippen molar-refractivity contribution in [1.82, 2.24) is 19.7 Å². The first-order valence-electron chi connectivity index (χ1n) is 12.3. The number of hydrogen-bond donors (Lipinski definition) is 2. The first-order chi connectivity index (χ1) is 16.6. The zero-order chi connectivity index (χ0) is 23.5. The minimum absolute atomic E-state index is 0.0177. The first kappa shape index (κ1) is 23.1. The van der Waals surface area contributed by atoms with Crippen LogP contribution in [-0.4, -0.2) is 77.0 Å². The summed E-state index contributed by atoms with van der Waals surface area (Å²) in [5.41, 5.74) is 1.16. The molecule has 5 rings (SSSR count). The van der Waals surface area contributed by atoms with Crippen LogP contribution in [0, 0.1) is 5.92 Å². The standard InChI is InChI=1S/C26H34FN5O2/c27-10-15-31-12-7-21-17-30(19-29-24(21)31)18-26(34)8-13-32(14-9-26)25(33)22-6-11-28-16-23(22)20-4-2-1-3-5-20/h1-5,7,12,17,22-23,28,34H,6,8-11,13-16,18-19H2/t22-,23+/m1/s1. The number of alkyl halides is 1. The molecule has 2 aromatic rings. The van der Waals surface area contributed by atoms with E-state index in [0.29, 0.717) is 45.7 Å². The Morgan fingerprint density at radius 1 is 1.21 bits per heavy atom. The summed E-state index contributed by atoms with van der Waals surface area (Å²) >= 11 is 0. The van der Waals surface area contributed by atoms with Crippen LogP contribution >= 0.6 is 0 Å². The van der Waals surface area contributed by atoms with E-state index < -0.39 is 12.3 Å². The molecule has 3 aliphatic heterocycles. The zero-order valence-electron chi connectivity index (χ0n) is 19.6. The molecule has 34 heavy (non-hydrogen) atoms. The highest BCUT2D eigenvalue weighted by molar-refractivity contribution is 5.80. The van der Waals surface area contributed by atoms with Gasteiger partial charge in [-0.25, -0.2) is 9.38 Å². The van der Waals surface area contributed by atoms with Gasteiger partial charge < -0.3 is 24.8 Å². The van der Waals surface area contributed by atoms with Gasteiger partial charge in [0.25, 0.3) is 0 Å². The molecule has 2 atom stereocenters. The Morgan fingerprint density at radius 2 is 2.00 bits per heavy atom. The van der Waals surface area contributed by atoms with E-state index in [-0.39, 0.29) is 17.7 Å². The molecule has 7 nitrogen and oxygen atoms in total. The van der Waals surface area contributed by atoms with Gasteiger partial charge in [0, 0.05) is 55.6 Å². The number of carbonyl (C=O) groups excluding carboxylic acids is 1. The minimum atomic E-state index is -0.852. The second-order valence-electron chi connectivity index (χ2n) is 9.82. The summed E-state index contributed by atoms with van der Waals surface area (Å²) in [7, 11) is 0. The predicted octanol–water partition coefficient (Wildman–Crippen LogP) is 0.835. The lowest BCUT2D eigenvalue weighted by atomic mass is 9.80. The molecule has 0 radical (unpaired) electrons. The number of aromatic nitrogens is 1. The summed E-state index contributed by atoms with van der Waals surface area (Å²) in [5.74, 6) is 0.387. The Morgan fingerprint density at radius 3 is 2.76 bits per heavy atom. The molecular weight excluding hydrogens is 433 g/mol. The van der Waals surface area contributed by atoms with Gasteiger partial charge in [0.15, 0.2) is 0 Å². The largest absolute Gasteiger partial charge is 0.388 e. The van der Waals surface area contributed by atoms with Gasteiger partial charge in [0.1, 0.15) is 18.8 Å². The van der Waals surface area contributed by atoms with Gasteiger partial charge in [-0.3, -0.25) is 4.79 Å². The molecule has 0 aliphatic carbocycles. The molecule has 2 N–H and O–H groups in total. The molecule has 2 fully saturated rings. The quantitative estimate of drug-likeness (QED) is 0.660. The fraction of sp³-hybridized carbons (Fsp3) is 0.538. The highest BCUT2D eigenvalue weighted by atomic mass is 19.1. The zero-order valence-corrected chi connectivity index (χ0v) is 19.6. The molecule has 0 saturated carbocycles. The molecule has 2 saturated heterocycles. The Hall–Kier alpha value is -2.71. The molecular formula is C26H34FN5O2. The number of nitrogens with zero attached hydrogens (tertiary/aromatic N) is 4. The van der Waals surface area contributed by atoms with Crippen molar-refractivity contribution in [2.45, 2.75) is 37.3 Å². The number of β-amino-alcohol motifs (C(OH)–C–C–N with tert-alkyl or cyclic N) is 1. The number of amides is 1. The van der Waals surface area contributed by atoms with Crippen LogP contribution in [0.2, 0.25) is 0 Å². The summed E-state index contributed by atoms with van der Waals surface area (Å²) in [4.78, 5) is 22.1.